The largest absolute Gasteiger partial charge is 0.351 e. The van der Waals surface area contributed by atoms with Gasteiger partial charge in [-0.05, 0) is 30.0 Å². The Bertz CT molecular complexity index is 400. The zero-order valence-electron chi connectivity index (χ0n) is 10.7. The lowest BCUT2D eigenvalue weighted by molar-refractivity contribution is 0.0946. The summed E-state index contributed by atoms with van der Waals surface area (Å²) in [5.41, 5.74) is 6.94. The number of nitrogens with two attached hydrogens (primary N) is 1. The number of aromatic nitrogens is 1. The first-order valence-corrected chi connectivity index (χ1v) is 6.73. The van der Waals surface area contributed by atoms with Crippen LogP contribution in [0.4, 0.5) is 0 Å². The highest BCUT2D eigenvalue weighted by molar-refractivity contribution is 5.92. The van der Waals surface area contributed by atoms with Gasteiger partial charge in [0.1, 0.15) is 5.69 Å². The summed E-state index contributed by atoms with van der Waals surface area (Å²) in [5, 5.41) is 2.93. The number of nitrogens with zero attached hydrogens (tertiary/aromatic N) is 1. The van der Waals surface area contributed by atoms with Crippen molar-refractivity contribution in [2.24, 2.45) is 11.7 Å². The van der Waals surface area contributed by atoms with E-state index in [2.05, 4.69) is 10.3 Å². The Hall–Kier alpha value is -1.42. The molecule has 1 aliphatic rings. The first-order chi connectivity index (χ1) is 8.79. The van der Waals surface area contributed by atoms with Gasteiger partial charge in [-0.3, -0.25) is 9.78 Å². The van der Waals surface area contributed by atoms with E-state index in [1.54, 1.807) is 12.3 Å². The van der Waals surface area contributed by atoms with Gasteiger partial charge in [0.25, 0.3) is 5.91 Å². The van der Waals surface area contributed by atoms with Crippen LogP contribution in [0.25, 0.3) is 0 Å². The fourth-order valence-electron chi connectivity index (χ4n) is 2.50. The number of carbonyl (C=O) groups excluding carboxylic acids is 1. The third kappa shape index (κ3) is 3.53. The SMILES string of the molecule is NCc1ccnc(C(=O)NCCC2CCCC2)c1. The van der Waals surface area contributed by atoms with Crippen molar-refractivity contribution in [1.82, 2.24) is 10.3 Å². The molecule has 1 fully saturated rings. The van der Waals surface area contributed by atoms with E-state index in [1.165, 1.54) is 25.7 Å². The normalized spacial score (nSPS) is 15.8. The first kappa shape index (κ1) is 13.0. The third-order valence-electron chi connectivity index (χ3n) is 3.61. The summed E-state index contributed by atoms with van der Waals surface area (Å²) in [6.45, 7) is 1.18. The summed E-state index contributed by atoms with van der Waals surface area (Å²) in [6.07, 6.45) is 8.04. The van der Waals surface area contributed by atoms with Crippen LogP contribution in [-0.2, 0) is 6.54 Å². The zero-order valence-corrected chi connectivity index (χ0v) is 10.7. The van der Waals surface area contributed by atoms with Gasteiger partial charge in [-0.2, -0.15) is 0 Å². The quantitative estimate of drug-likeness (QED) is 0.834. The molecule has 0 radical (unpaired) electrons. The van der Waals surface area contributed by atoms with Crippen LogP contribution in [0, 0.1) is 5.92 Å². The van der Waals surface area contributed by atoms with Crippen molar-refractivity contribution in [3.05, 3.63) is 29.6 Å². The van der Waals surface area contributed by atoms with Crippen LogP contribution in [0.2, 0.25) is 0 Å². The number of nitrogens with one attached hydrogen (secondary N) is 1. The van der Waals surface area contributed by atoms with Crippen LogP contribution < -0.4 is 11.1 Å². The molecule has 98 valence electrons. The lowest BCUT2D eigenvalue weighted by Gasteiger charge is -2.09. The van der Waals surface area contributed by atoms with Crippen molar-refractivity contribution in [2.75, 3.05) is 6.54 Å². The second-order valence-corrected chi connectivity index (χ2v) is 4.95. The molecule has 1 aromatic rings. The molecule has 2 rings (SSSR count). The van der Waals surface area contributed by atoms with Crippen LogP contribution in [0.3, 0.4) is 0 Å². The monoisotopic (exact) mass is 247 g/mol. The molecule has 4 nitrogen and oxygen atoms in total. The van der Waals surface area contributed by atoms with Crippen LogP contribution in [0.15, 0.2) is 18.3 Å². The molecule has 3 N–H and O–H groups in total. The summed E-state index contributed by atoms with van der Waals surface area (Å²) in [4.78, 5) is 15.9. The highest BCUT2D eigenvalue weighted by Gasteiger charge is 2.15. The molecule has 1 amide bonds. The standard InChI is InChI=1S/C14H21N3O/c15-10-12-6-7-16-13(9-12)14(18)17-8-5-11-3-1-2-4-11/h6-7,9,11H,1-5,8,10,15H2,(H,17,18). The fourth-order valence-corrected chi connectivity index (χ4v) is 2.50. The summed E-state index contributed by atoms with van der Waals surface area (Å²) in [5.74, 6) is 0.705. The summed E-state index contributed by atoms with van der Waals surface area (Å²) < 4.78 is 0. The summed E-state index contributed by atoms with van der Waals surface area (Å²) in [6, 6.07) is 3.58. The fraction of sp³-hybridized carbons (Fsp3) is 0.571. The van der Waals surface area contributed by atoms with Gasteiger partial charge in [0.05, 0.1) is 0 Å². The Balaban J connectivity index is 1.79. The summed E-state index contributed by atoms with van der Waals surface area (Å²) >= 11 is 0. The first-order valence-electron chi connectivity index (χ1n) is 6.73. The molecule has 1 saturated carbocycles. The maximum atomic E-state index is 11.9. The molecule has 0 bridgehead atoms. The van der Waals surface area contributed by atoms with Gasteiger partial charge < -0.3 is 11.1 Å². The van der Waals surface area contributed by atoms with E-state index < -0.39 is 0 Å². The minimum atomic E-state index is -0.0942. The third-order valence-corrected chi connectivity index (χ3v) is 3.61. The minimum Gasteiger partial charge on any atom is -0.351 e. The molecule has 0 aromatic carbocycles. The molecule has 1 aliphatic carbocycles. The predicted molar refractivity (Wildman–Crippen MR) is 71.0 cm³/mol. The molecule has 4 heteroatoms. The molecule has 0 aliphatic heterocycles. The van der Waals surface area contributed by atoms with E-state index in [0.717, 1.165) is 24.4 Å². The number of carbonyl (C=O) groups is 1. The van der Waals surface area contributed by atoms with Crippen molar-refractivity contribution in [2.45, 2.75) is 38.6 Å². The van der Waals surface area contributed by atoms with Crippen LogP contribution in [0.5, 0.6) is 0 Å². The van der Waals surface area contributed by atoms with Gasteiger partial charge in [0, 0.05) is 19.3 Å². The highest BCUT2D eigenvalue weighted by atomic mass is 16.1. The molecule has 0 atom stereocenters. The molecule has 1 aromatic heterocycles. The van der Waals surface area contributed by atoms with Crippen molar-refractivity contribution >= 4 is 5.91 Å². The Kier molecular flexibility index (Phi) is 4.70. The van der Waals surface area contributed by atoms with E-state index in [0.29, 0.717) is 12.2 Å². The van der Waals surface area contributed by atoms with Crippen molar-refractivity contribution in [3.8, 4) is 0 Å². The average molecular weight is 247 g/mol. The molecule has 0 spiro atoms. The smallest absolute Gasteiger partial charge is 0.269 e. The van der Waals surface area contributed by atoms with Gasteiger partial charge in [0.2, 0.25) is 0 Å². The molecule has 0 saturated heterocycles. The number of hydrogen-bond donors (Lipinski definition) is 2. The molecular formula is C14H21N3O. The maximum absolute atomic E-state index is 11.9. The lowest BCUT2D eigenvalue weighted by atomic mass is 10.0. The molecular weight excluding hydrogens is 226 g/mol. The van der Waals surface area contributed by atoms with E-state index in [4.69, 9.17) is 5.73 Å². The zero-order chi connectivity index (χ0) is 12.8. The van der Waals surface area contributed by atoms with E-state index in [9.17, 15) is 4.79 Å². The van der Waals surface area contributed by atoms with E-state index in [1.807, 2.05) is 6.07 Å². The molecule has 18 heavy (non-hydrogen) atoms. The van der Waals surface area contributed by atoms with Crippen molar-refractivity contribution in [3.63, 3.8) is 0 Å². The average Bonchev–Trinajstić information content (AvgIpc) is 2.92. The molecule has 0 unspecified atom stereocenters. The van der Waals surface area contributed by atoms with Gasteiger partial charge in [-0.25, -0.2) is 0 Å². The number of amides is 1. The van der Waals surface area contributed by atoms with Gasteiger partial charge in [-0.1, -0.05) is 25.7 Å². The highest BCUT2D eigenvalue weighted by Crippen LogP contribution is 2.26. The van der Waals surface area contributed by atoms with E-state index in [-0.39, 0.29) is 5.91 Å². The Morgan fingerprint density at radius 1 is 1.44 bits per heavy atom. The van der Waals surface area contributed by atoms with Gasteiger partial charge in [-0.15, -0.1) is 0 Å². The number of rotatable bonds is 5. The minimum absolute atomic E-state index is 0.0942. The summed E-state index contributed by atoms with van der Waals surface area (Å²) in [7, 11) is 0. The second kappa shape index (κ2) is 6.50. The van der Waals surface area contributed by atoms with E-state index >= 15 is 0 Å². The topological polar surface area (TPSA) is 68.0 Å². The van der Waals surface area contributed by atoms with Crippen molar-refractivity contribution < 1.29 is 4.79 Å². The van der Waals surface area contributed by atoms with Gasteiger partial charge >= 0.3 is 0 Å². The second-order valence-electron chi connectivity index (χ2n) is 4.95. The molecule has 1 heterocycles. The lowest BCUT2D eigenvalue weighted by Crippen LogP contribution is -2.26. The number of hydrogen-bond acceptors (Lipinski definition) is 3. The maximum Gasteiger partial charge on any atom is 0.269 e. The Morgan fingerprint density at radius 2 is 2.22 bits per heavy atom. The van der Waals surface area contributed by atoms with Gasteiger partial charge in [0.15, 0.2) is 0 Å². The van der Waals surface area contributed by atoms with Crippen LogP contribution >= 0.6 is 0 Å². The predicted octanol–water partition coefficient (Wildman–Crippen LogP) is 1.85. The Labute approximate surface area is 108 Å². The van der Waals surface area contributed by atoms with Crippen LogP contribution in [0.1, 0.15) is 48.2 Å². The van der Waals surface area contributed by atoms with Crippen molar-refractivity contribution in [1.29, 1.82) is 0 Å². The number of pyridine rings is 1. The Morgan fingerprint density at radius 3 is 2.94 bits per heavy atom. The van der Waals surface area contributed by atoms with Crippen LogP contribution in [-0.4, -0.2) is 17.4 Å².